The van der Waals surface area contributed by atoms with Crippen LogP contribution >= 0.6 is 0 Å². The van der Waals surface area contributed by atoms with Crippen molar-refractivity contribution in [3.63, 3.8) is 0 Å². The van der Waals surface area contributed by atoms with Crippen LogP contribution in [0.15, 0.2) is 4.99 Å². The Morgan fingerprint density at radius 2 is 1.22 bits per heavy atom. The molecule has 0 fully saturated rings. The van der Waals surface area contributed by atoms with Crippen LogP contribution in [-0.4, -0.2) is 42.1 Å². The number of alkyl carbamates (subject to hydrolysis) is 2. The number of amides is 2. The third kappa shape index (κ3) is 13.4. The van der Waals surface area contributed by atoms with Crippen LogP contribution in [0.2, 0.25) is 0 Å². The van der Waals surface area contributed by atoms with Gasteiger partial charge < -0.3 is 9.47 Å². The molecule has 0 aliphatic carbocycles. The predicted molar refractivity (Wildman–Crippen MR) is 77.1 cm³/mol. The van der Waals surface area contributed by atoms with Gasteiger partial charge in [0.2, 0.25) is 5.96 Å². The molecular formula is C13H22F3N3O4. The van der Waals surface area contributed by atoms with Crippen LogP contribution in [0.25, 0.3) is 0 Å². The molecule has 0 aliphatic heterocycles. The van der Waals surface area contributed by atoms with Crippen LogP contribution < -0.4 is 10.6 Å². The van der Waals surface area contributed by atoms with Crippen molar-refractivity contribution < 1.29 is 32.2 Å². The maximum Gasteiger partial charge on any atom is 0.414 e. The Bertz CT molecular complexity index is 431. The molecule has 0 spiro atoms. The zero-order chi connectivity index (χ0) is 18.5. The highest BCUT2D eigenvalue weighted by Gasteiger charge is 2.28. The minimum atomic E-state index is -4.60. The van der Waals surface area contributed by atoms with E-state index in [-0.39, 0.29) is 0 Å². The van der Waals surface area contributed by atoms with Gasteiger partial charge in [-0.15, -0.1) is 0 Å². The van der Waals surface area contributed by atoms with E-state index >= 15 is 0 Å². The monoisotopic (exact) mass is 341 g/mol. The van der Waals surface area contributed by atoms with Crippen molar-refractivity contribution in [3.05, 3.63) is 0 Å². The Hall–Kier alpha value is -2.00. The second-order valence-corrected chi connectivity index (χ2v) is 6.53. The lowest BCUT2D eigenvalue weighted by atomic mass is 10.2. The van der Waals surface area contributed by atoms with Gasteiger partial charge in [-0.25, -0.2) is 14.6 Å². The zero-order valence-corrected chi connectivity index (χ0v) is 13.9. The summed E-state index contributed by atoms with van der Waals surface area (Å²) >= 11 is 0. The van der Waals surface area contributed by atoms with Gasteiger partial charge in [-0.2, -0.15) is 13.2 Å². The minimum absolute atomic E-state index is 0.717. The summed E-state index contributed by atoms with van der Waals surface area (Å²) in [5.74, 6) is -0.717. The molecule has 0 heterocycles. The molecule has 0 unspecified atom stereocenters. The number of alkyl halides is 3. The SMILES string of the molecule is CC(C)(C)OC(=O)NC(=NCC(F)(F)F)NC(=O)OC(C)(C)C. The average molecular weight is 341 g/mol. The second kappa shape index (κ2) is 7.51. The third-order valence-electron chi connectivity index (χ3n) is 1.66. The summed E-state index contributed by atoms with van der Waals surface area (Å²) in [6.45, 7) is 7.83. The Morgan fingerprint density at radius 3 is 1.48 bits per heavy atom. The molecule has 0 saturated carbocycles. The van der Waals surface area contributed by atoms with Crippen LogP contribution in [0.5, 0.6) is 0 Å². The number of carbonyl (C=O) groups excluding carboxylic acids is 2. The molecular weight excluding hydrogens is 319 g/mol. The molecule has 2 amide bonds. The molecule has 2 N–H and O–H groups in total. The van der Waals surface area contributed by atoms with E-state index in [0.29, 0.717) is 0 Å². The van der Waals surface area contributed by atoms with Gasteiger partial charge in [-0.05, 0) is 41.5 Å². The minimum Gasteiger partial charge on any atom is -0.444 e. The Labute approximate surface area is 132 Å². The molecule has 0 atom stereocenters. The van der Waals surface area contributed by atoms with Gasteiger partial charge in [0.1, 0.15) is 17.7 Å². The van der Waals surface area contributed by atoms with Crippen molar-refractivity contribution >= 4 is 18.1 Å². The van der Waals surface area contributed by atoms with Gasteiger partial charge in [0, 0.05) is 0 Å². The lowest BCUT2D eigenvalue weighted by Gasteiger charge is -2.22. The molecule has 134 valence electrons. The molecule has 0 aromatic rings. The molecule has 0 aliphatic rings. The summed E-state index contributed by atoms with van der Waals surface area (Å²) in [5, 5.41) is 3.88. The quantitative estimate of drug-likeness (QED) is 0.567. The van der Waals surface area contributed by atoms with E-state index in [4.69, 9.17) is 9.47 Å². The van der Waals surface area contributed by atoms with Gasteiger partial charge in [-0.1, -0.05) is 0 Å². The van der Waals surface area contributed by atoms with E-state index in [2.05, 4.69) is 4.99 Å². The van der Waals surface area contributed by atoms with E-state index in [1.165, 1.54) is 0 Å². The summed E-state index contributed by atoms with van der Waals surface area (Å²) in [7, 11) is 0. The number of rotatable bonds is 1. The van der Waals surface area contributed by atoms with Crippen LogP contribution in [0, 0.1) is 0 Å². The van der Waals surface area contributed by atoms with E-state index in [0.717, 1.165) is 0 Å². The smallest absolute Gasteiger partial charge is 0.414 e. The summed E-state index contributed by atoms with van der Waals surface area (Å²) in [4.78, 5) is 26.2. The van der Waals surface area contributed by atoms with E-state index in [1.54, 1.807) is 41.5 Å². The van der Waals surface area contributed by atoms with Crippen molar-refractivity contribution in [1.29, 1.82) is 0 Å². The summed E-state index contributed by atoms with van der Waals surface area (Å²) in [6, 6.07) is 0. The first-order valence-electron chi connectivity index (χ1n) is 6.69. The summed E-state index contributed by atoms with van der Waals surface area (Å²) < 4.78 is 46.5. The van der Waals surface area contributed by atoms with Crippen LogP contribution in [-0.2, 0) is 9.47 Å². The van der Waals surface area contributed by atoms with Crippen molar-refractivity contribution in [3.8, 4) is 0 Å². The van der Waals surface area contributed by atoms with E-state index < -0.39 is 42.1 Å². The molecule has 0 radical (unpaired) electrons. The van der Waals surface area contributed by atoms with Gasteiger partial charge in [0.15, 0.2) is 0 Å². The fraction of sp³-hybridized carbons (Fsp3) is 0.769. The number of ether oxygens (including phenoxy) is 2. The van der Waals surface area contributed by atoms with Crippen LogP contribution in [0.3, 0.4) is 0 Å². The number of aliphatic imine (C=N–C) groups is 1. The van der Waals surface area contributed by atoms with Crippen molar-refractivity contribution in [2.24, 2.45) is 4.99 Å². The zero-order valence-electron chi connectivity index (χ0n) is 13.9. The lowest BCUT2D eigenvalue weighted by molar-refractivity contribution is -0.118. The second-order valence-electron chi connectivity index (χ2n) is 6.53. The number of halogens is 3. The van der Waals surface area contributed by atoms with E-state index in [9.17, 15) is 22.8 Å². The number of hydrogen-bond acceptors (Lipinski definition) is 5. The fourth-order valence-corrected chi connectivity index (χ4v) is 1.08. The van der Waals surface area contributed by atoms with Gasteiger partial charge in [0.05, 0.1) is 0 Å². The highest BCUT2D eigenvalue weighted by atomic mass is 19.4. The number of hydrogen-bond donors (Lipinski definition) is 2. The van der Waals surface area contributed by atoms with Gasteiger partial charge >= 0.3 is 18.4 Å². The first kappa shape index (κ1) is 21.0. The van der Waals surface area contributed by atoms with Crippen molar-refractivity contribution in [1.82, 2.24) is 10.6 Å². The maximum atomic E-state index is 12.2. The normalized spacial score (nSPS) is 12.2. The Kier molecular flexibility index (Phi) is 6.86. The largest absolute Gasteiger partial charge is 0.444 e. The van der Waals surface area contributed by atoms with Gasteiger partial charge in [0.25, 0.3) is 0 Å². The molecule has 10 heteroatoms. The molecule has 0 aromatic heterocycles. The molecule has 7 nitrogen and oxygen atoms in total. The topological polar surface area (TPSA) is 89.0 Å². The predicted octanol–water partition coefficient (Wildman–Crippen LogP) is 2.95. The molecule has 23 heavy (non-hydrogen) atoms. The molecule has 0 bridgehead atoms. The third-order valence-corrected chi connectivity index (χ3v) is 1.66. The Morgan fingerprint density at radius 1 is 0.870 bits per heavy atom. The highest BCUT2D eigenvalue weighted by Crippen LogP contribution is 2.14. The van der Waals surface area contributed by atoms with E-state index in [1.807, 2.05) is 10.6 Å². The number of nitrogens with zero attached hydrogens (tertiary/aromatic N) is 1. The highest BCUT2D eigenvalue weighted by molar-refractivity contribution is 6.01. The van der Waals surface area contributed by atoms with Crippen LogP contribution in [0.1, 0.15) is 41.5 Å². The number of carbonyl (C=O) groups is 2. The van der Waals surface area contributed by atoms with Gasteiger partial charge in [-0.3, -0.25) is 10.6 Å². The molecule has 0 rings (SSSR count). The fourth-order valence-electron chi connectivity index (χ4n) is 1.08. The lowest BCUT2D eigenvalue weighted by Crippen LogP contribution is -2.47. The molecule has 0 aromatic carbocycles. The maximum absolute atomic E-state index is 12.2. The molecule has 0 saturated heterocycles. The van der Waals surface area contributed by atoms with Crippen LogP contribution in [0.4, 0.5) is 22.8 Å². The summed E-state index contributed by atoms with van der Waals surface area (Å²) in [5.41, 5.74) is -1.74. The first-order chi connectivity index (χ1) is 10.1. The Balaban J connectivity index is 4.96. The van der Waals surface area contributed by atoms with Crippen molar-refractivity contribution in [2.75, 3.05) is 6.54 Å². The average Bonchev–Trinajstić information content (AvgIpc) is 2.18. The number of guanidine groups is 1. The first-order valence-corrected chi connectivity index (χ1v) is 6.69. The summed E-state index contributed by atoms with van der Waals surface area (Å²) in [6.07, 6.45) is -6.72. The van der Waals surface area contributed by atoms with Crippen molar-refractivity contribution in [2.45, 2.75) is 58.9 Å². The standard InChI is InChI=1S/C13H22F3N3O4/c1-11(2,3)22-9(20)18-8(17-7-13(14,15)16)19-10(21)23-12(4,5)6/h7H2,1-6H3,(H2,17,18,19,20,21). The number of nitrogens with one attached hydrogen (secondary N) is 2.